The number of nitrogens with one attached hydrogen (secondary N) is 1. The maximum Gasteiger partial charge on any atom is 0.412 e. The monoisotopic (exact) mass is 274 g/mol. The van der Waals surface area contributed by atoms with Gasteiger partial charge in [0.15, 0.2) is 0 Å². The van der Waals surface area contributed by atoms with E-state index in [0.29, 0.717) is 0 Å². The van der Waals surface area contributed by atoms with E-state index in [2.05, 4.69) is 10.3 Å². The van der Waals surface area contributed by atoms with Crippen LogP contribution in [0.15, 0.2) is 12.1 Å². The Morgan fingerprint density at radius 1 is 1.47 bits per heavy atom. The van der Waals surface area contributed by atoms with Crippen LogP contribution in [-0.2, 0) is 11.3 Å². The van der Waals surface area contributed by atoms with Crippen molar-refractivity contribution in [3.63, 3.8) is 0 Å². The maximum atomic E-state index is 12.6. The van der Waals surface area contributed by atoms with Gasteiger partial charge in [-0.1, -0.05) is 0 Å². The summed E-state index contributed by atoms with van der Waals surface area (Å²) < 4.78 is 30.2. The summed E-state index contributed by atoms with van der Waals surface area (Å²) in [6.07, 6.45) is -3.55. The number of aliphatic hydroxyl groups is 1. The van der Waals surface area contributed by atoms with Gasteiger partial charge in [-0.3, -0.25) is 5.32 Å². The molecular formula is C12H16F2N2O3. The molecule has 0 aromatic carbocycles. The van der Waals surface area contributed by atoms with Crippen LogP contribution >= 0.6 is 0 Å². The summed E-state index contributed by atoms with van der Waals surface area (Å²) in [7, 11) is 0. The van der Waals surface area contributed by atoms with Crippen LogP contribution in [0, 0.1) is 0 Å². The van der Waals surface area contributed by atoms with E-state index < -0.39 is 30.4 Å². The molecular weight excluding hydrogens is 258 g/mol. The zero-order valence-corrected chi connectivity index (χ0v) is 10.9. The van der Waals surface area contributed by atoms with Gasteiger partial charge < -0.3 is 9.84 Å². The molecule has 106 valence electrons. The first-order chi connectivity index (χ1) is 8.71. The molecule has 1 heterocycles. The Kier molecular flexibility index (Phi) is 4.77. The van der Waals surface area contributed by atoms with Crippen LogP contribution < -0.4 is 5.32 Å². The van der Waals surface area contributed by atoms with E-state index in [-0.39, 0.29) is 11.4 Å². The van der Waals surface area contributed by atoms with Crippen molar-refractivity contribution in [2.24, 2.45) is 0 Å². The Hall–Kier alpha value is -1.76. The van der Waals surface area contributed by atoms with Crippen molar-refractivity contribution < 1.29 is 23.4 Å². The number of aromatic nitrogens is 1. The number of hydrogen-bond acceptors (Lipinski definition) is 4. The van der Waals surface area contributed by atoms with Gasteiger partial charge in [0.25, 0.3) is 6.43 Å². The number of amides is 1. The minimum absolute atomic E-state index is 0.0452. The molecule has 0 atom stereocenters. The third-order valence-corrected chi connectivity index (χ3v) is 1.93. The molecule has 0 fully saturated rings. The van der Waals surface area contributed by atoms with Gasteiger partial charge in [0.2, 0.25) is 0 Å². The standard InChI is InChI=1S/C12H16F2N2O3/c1-12(2,3)19-11(18)16-7-4-8(6-17)15-9(5-7)10(13)14/h4-5,10,17H,6H2,1-3H3,(H,15,16,18). The van der Waals surface area contributed by atoms with Crippen molar-refractivity contribution in [1.29, 1.82) is 0 Å². The lowest BCUT2D eigenvalue weighted by Crippen LogP contribution is -2.27. The fourth-order valence-electron chi connectivity index (χ4n) is 1.30. The molecule has 0 aliphatic heterocycles. The molecule has 0 saturated heterocycles. The normalized spacial score (nSPS) is 11.5. The van der Waals surface area contributed by atoms with Crippen molar-refractivity contribution in [2.45, 2.75) is 39.4 Å². The molecule has 0 unspecified atom stereocenters. The molecule has 0 bridgehead atoms. The zero-order chi connectivity index (χ0) is 14.6. The largest absolute Gasteiger partial charge is 0.444 e. The summed E-state index contributed by atoms with van der Waals surface area (Å²) in [5.41, 5.74) is -1.06. The Balaban J connectivity index is 2.88. The third kappa shape index (κ3) is 5.17. The summed E-state index contributed by atoms with van der Waals surface area (Å²) in [4.78, 5) is 15.0. The summed E-state index contributed by atoms with van der Waals surface area (Å²) in [6, 6.07) is 2.34. The molecule has 19 heavy (non-hydrogen) atoms. The third-order valence-electron chi connectivity index (χ3n) is 1.93. The van der Waals surface area contributed by atoms with Gasteiger partial charge in [-0.15, -0.1) is 0 Å². The first-order valence-electron chi connectivity index (χ1n) is 5.61. The number of alkyl halides is 2. The maximum absolute atomic E-state index is 12.6. The predicted molar refractivity (Wildman–Crippen MR) is 65.0 cm³/mol. The van der Waals surface area contributed by atoms with Gasteiger partial charge in [0, 0.05) is 5.69 Å². The topological polar surface area (TPSA) is 71.5 Å². The number of ether oxygens (including phenoxy) is 1. The van der Waals surface area contributed by atoms with Crippen molar-refractivity contribution in [3.05, 3.63) is 23.5 Å². The molecule has 1 aromatic rings. The molecule has 0 spiro atoms. The van der Waals surface area contributed by atoms with Crippen LogP contribution in [0.25, 0.3) is 0 Å². The van der Waals surface area contributed by atoms with Gasteiger partial charge >= 0.3 is 6.09 Å². The highest BCUT2D eigenvalue weighted by Crippen LogP contribution is 2.21. The summed E-state index contributed by atoms with van der Waals surface area (Å²) >= 11 is 0. The Morgan fingerprint density at radius 2 is 2.11 bits per heavy atom. The average Bonchev–Trinajstić information content (AvgIpc) is 2.25. The summed E-state index contributed by atoms with van der Waals surface area (Å²) in [5, 5.41) is 11.3. The number of anilines is 1. The lowest BCUT2D eigenvalue weighted by Gasteiger charge is -2.20. The molecule has 2 N–H and O–H groups in total. The fourth-order valence-corrected chi connectivity index (χ4v) is 1.30. The average molecular weight is 274 g/mol. The number of hydrogen-bond donors (Lipinski definition) is 2. The summed E-state index contributed by atoms with van der Waals surface area (Å²) in [5.74, 6) is 0. The molecule has 7 heteroatoms. The minimum Gasteiger partial charge on any atom is -0.444 e. The minimum atomic E-state index is -2.79. The van der Waals surface area contributed by atoms with Crippen molar-refractivity contribution in [1.82, 2.24) is 4.98 Å². The van der Waals surface area contributed by atoms with Crippen LogP contribution in [0.4, 0.5) is 19.3 Å². The highest BCUT2D eigenvalue weighted by molar-refractivity contribution is 5.84. The number of rotatable bonds is 3. The number of carbonyl (C=O) groups excluding carboxylic acids is 1. The van der Waals surface area contributed by atoms with Crippen LogP contribution in [0.1, 0.15) is 38.6 Å². The van der Waals surface area contributed by atoms with Gasteiger partial charge in [-0.2, -0.15) is 0 Å². The Bertz CT molecular complexity index is 459. The smallest absolute Gasteiger partial charge is 0.412 e. The molecule has 1 rings (SSSR count). The van der Waals surface area contributed by atoms with Gasteiger partial charge in [0.05, 0.1) is 12.3 Å². The highest BCUT2D eigenvalue weighted by atomic mass is 19.3. The fraction of sp³-hybridized carbons (Fsp3) is 0.500. The second-order valence-electron chi connectivity index (χ2n) is 4.86. The molecule has 0 saturated carbocycles. The lowest BCUT2D eigenvalue weighted by molar-refractivity contribution is 0.0635. The molecule has 0 aliphatic rings. The molecule has 1 aromatic heterocycles. The van der Waals surface area contributed by atoms with E-state index in [1.54, 1.807) is 20.8 Å². The molecule has 0 radical (unpaired) electrons. The predicted octanol–water partition coefficient (Wildman–Crippen LogP) is 2.86. The van der Waals surface area contributed by atoms with E-state index in [0.717, 1.165) is 6.07 Å². The van der Waals surface area contributed by atoms with Crippen LogP contribution in [0.2, 0.25) is 0 Å². The molecule has 0 aliphatic carbocycles. The van der Waals surface area contributed by atoms with Gasteiger partial charge in [0.1, 0.15) is 11.3 Å². The van der Waals surface area contributed by atoms with Crippen LogP contribution in [-0.4, -0.2) is 21.8 Å². The van der Waals surface area contributed by atoms with E-state index >= 15 is 0 Å². The lowest BCUT2D eigenvalue weighted by atomic mass is 10.2. The zero-order valence-electron chi connectivity index (χ0n) is 10.9. The van der Waals surface area contributed by atoms with Crippen LogP contribution in [0.3, 0.4) is 0 Å². The first-order valence-corrected chi connectivity index (χ1v) is 5.61. The Morgan fingerprint density at radius 3 is 2.58 bits per heavy atom. The Labute approximate surface area is 109 Å². The number of nitrogens with zero attached hydrogens (tertiary/aromatic N) is 1. The van der Waals surface area contributed by atoms with Crippen LogP contribution in [0.5, 0.6) is 0 Å². The van der Waals surface area contributed by atoms with Gasteiger partial charge in [-0.05, 0) is 32.9 Å². The van der Waals surface area contributed by atoms with Crippen molar-refractivity contribution in [3.8, 4) is 0 Å². The van der Waals surface area contributed by atoms with E-state index in [1.807, 2.05) is 0 Å². The van der Waals surface area contributed by atoms with Crippen molar-refractivity contribution >= 4 is 11.8 Å². The number of halogens is 2. The quantitative estimate of drug-likeness (QED) is 0.889. The first kappa shape index (κ1) is 15.3. The van der Waals surface area contributed by atoms with E-state index in [4.69, 9.17) is 9.84 Å². The number of aliphatic hydroxyl groups excluding tert-OH is 1. The van der Waals surface area contributed by atoms with Crippen molar-refractivity contribution in [2.75, 3.05) is 5.32 Å². The number of carbonyl (C=O) groups is 1. The van der Waals surface area contributed by atoms with Gasteiger partial charge in [-0.25, -0.2) is 18.6 Å². The number of pyridine rings is 1. The highest BCUT2D eigenvalue weighted by Gasteiger charge is 2.18. The van der Waals surface area contributed by atoms with E-state index in [1.165, 1.54) is 6.07 Å². The molecule has 5 nitrogen and oxygen atoms in total. The second-order valence-corrected chi connectivity index (χ2v) is 4.86. The SMILES string of the molecule is CC(C)(C)OC(=O)Nc1cc(CO)nc(C(F)F)c1. The molecule has 1 amide bonds. The summed E-state index contributed by atoms with van der Waals surface area (Å²) in [6.45, 7) is 4.55. The van der Waals surface area contributed by atoms with E-state index in [9.17, 15) is 13.6 Å². The second kappa shape index (κ2) is 5.92.